The monoisotopic (exact) mass is 205 g/mol. The van der Waals surface area contributed by atoms with Gasteiger partial charge >= 0.3 is 0 Å². The molecule has 1 aliphatic carbocycles. The fourth-order valence-electron chi connectivity index (χ4n) is 1.47. The average molecular weight is 205 g/mol. The van der Waals surface area contributed by atoms with Gasteiger partial charge in [-0.2, -0.15) is 0 Å². The van der Waals surface area contributed by atoms with Crippen LogP contribution in [0.3, 0.4) is 0 Å². The summed E-state index contributed by atoms with van der Waals surface area (Å²) < 4.78 is 0. The molecule has 1 fully saturated rings. The van der Waals surface area contributed by atoms with E-state index >= 15 is 0 Å². The summed E-state index contributed by atoms with van der Waals surface area (Å²) >= 11 is 0. The van der Waals surface area contributed by atoms with Gasteiger partial charge in [-0.05, 0) is 19.8 Å². The molecule has 2 aliphatic rings. The summed E-state index contributed by atoms with van der Waals surface area (Å²) in [5.74, 6) is 0.292. The molecule has 2 heteroatoms. The van der Waals surface area contributed by atoms with Gasteiger partial charge < -0.3 is 4.90 Å². The van der Waals surface area contributed by atoms with E-state index in [1.807, 2.05) is 7.05 Å². The third kappa shape index (κ3) is 4.63. The third-order valence-corrected chi connectivity index (χ3v) is 2.49. The Balaban J connectivity index is 0.000000151. The average Bonchev–Trinajstić information content (AvgIpc) is 2.46. The smallest absolute Gasteiger partial charge is 0.222 e. The second-order valence-electron chi connectivity index (χ2n) is 3.89. The van der Waals surface area contributed by atoms with E-state index in [4.69, 9.17) is 0 Å². The summed E-state index contributed by atoms with van der Waals surface area (Å²) in [7, 11) is 1.84. The molecule has 2 nitrogen and oxygen atoms in total. The van der Waals surface area contributed by atoms with Gasteiger partial charge in [0.05, 0.1) is 0 Å². The molecule has 1 saturated heterocycles. The van der Waals surface area contributed by atoms with Crippen LogP contribution in [0.4, 0.5) is 0 Å². The Morgan fingerprint density at radius 1 is 1.33 bits per heavy atom. The molecule has 0 saturated carbocycles. The zero-order valence-corrected chi connectivity index (χ0v) is 9.57. The summed E-state index contributed by atoms with van der Waals surface area (Å²) in [6.07, 6.45) is 13.5. The van der Waals surface area contributed by atoms with Crippen molar-refractivity contribution < 1.29 is 4.79 Å². The molecule has 82 valence electrons. The van der Waals surface area contributed by atoms with Gasteiger partial charge in [-0.1, -0.05) is 36.0 Å². The highest BCUT2D eigenvalue weighted by atomic mass is 16.2. The van der Waals surface area contributed by atoms with Gasteiger partial charge in [0.2, 0.25) is 5.91 Å². The van der Waals surface area contributed by atoms with Crippen LogP contribution in [-0.4, -0.2) is 24.4 Å². The van der Waals surface area contributed by atoms with E-state index in [1.54, 1.807) is 4.90 Å². The lowest BCUT2D eigenvalue weighted by Gasteiger charge is -2.03. The molecule has 0 radical (unpaired) electrons. The predicted octanol–water partition coefficient (Wildman–Crippen LogP) is 2.69. The van der Waals surface area contributed by atoms with Crippen molar-refractivity contribution in [3.8, 4) is 0 Å². The maximum absolute atomic E-state index is 10.5. The van der Waals surface area contributed by atoms with Crippen molar-refractivity contribution in [1.82, 2.24) is 4.90 Å². The van der Waals surface area contributed by atoms with E-state index < -0.39 is 0 Å². The minimum atomic E-state index is 0.292. The van der Waals surface area contributed by atoms with Crippen LogP contribution in [0.5, 0.6) is 0 Å². The number of carbonyl (C=O) groups is 1. The van der Waals surface area contributed by atoms with Gasteiger partial charge in [-0.15, -0.1) is 0 Å². The lowest BCUT2D eigenvalue weighted by Crippen LogP contribution is -2.17. The molecule has 15 heavy (non-hydrogen) atoms. The molecule has 1 amide bonds. The number of nitrogens with zero attached hydrogens (tertiary/aromatic N) is 1. The number of likely N-dealkylation sites (tertiary alicyclic amines) is 1. The summed E-state index contributed by atoms with van der Waals surface area (Å²) in [5, 5.41) is 0. The second kappa shape index (κ2) is 6.23. The van der Waals surface area contributed by atoms with Gasteiger partial charge in [-0.3, -0.25) is 4.79 Å². The first kappa shape index (κ1) is 11.8. The van der Waals surface area contributed by atoms with Gasteiger partial charge in [0.15, 0.2) is 0 Å². The highest BCUT2D eigenvalue weighted by molar-refractivity contribution is 5.77. The molecular formula is C13H19NO. The van der Waals surface area contributed by atoms with Crippen LogP contribution < -0.4 is 0 Å². The lowest BCUT2D eigenvalue weighted by atomic mass is 10.2. The first-order chi connectivity index (χ1) is 7.20. The maximum Gasteiger partial charge on any atom is 0.222 e. The van der Waals surface area contributed by atoms with Crippen LogP contribution in [-0.2, 0) is 4.79 Å². The molecule has 0 N–H and O–H groups in total. The zero-order chi connectivity index (χ0) is 11.1. The highest BCUT2D eigenvalue weighted by Crippen LogP contribution is 2.04. The number of hydrogen-bond donors (Lipinski definition) is 0. The molecule has 0 unspecified atom stereocenters. The van der Waals surface area contributed by atoms with E-state index in [9.17, 15) is 4.79 Å². The molecule has 0 spiro atoms. The van der Waals surface area contributed by atoms with Crippen molar-refractivity contribution in [1.29, 1.82) is 0 Å². The first-order valence-corrected chi connectivity index (χ1v) is 5.44. The third-order valence-electron chi connectivity index (χ3n) is 2.49. The summed E-state index contributed by atoms with van der Waals surface area (Å²) in [5.41, 5.74) is 1.36. The van der Waals surface area contributed by atoms with Crippen LogP contribution >= 0.6 is 0 Å². The SMILES string of the molecule is CC1=CCC=CC=C1.CN1CCCC1=O. The minimum Gasteiger partial charge on any atom is -0.346 e. The molecule has 0 atom stereocenters. The quantitative estimate of drug-likeness (QED) is 0.595. The lowest BCUT2D eigenvalue weighted by molar-refractivity contribution is -0.126. The summed E-state index contributed by atoms with van der Waals surface area (Å²) in [4.78, 5) is 12.3. The molecule has 1 aliphatic heterocycles. The summed E-state index contributed by atoms with van der Waals surface area (Å²) in [6, 6.07) is 0. The van der Waals surface area contributed by atoms with Crippen LogP contribution in [0.1, 0.15) is 26.2 Å². The molecule has 0 aromatic heterocycles. The Labute approximate surface area is 92.0 Å². The summed E-state index contributed by atoms with van der Waals surface area (Å²) in [6.45, 7) is 3.07. The van der Waals surface area contributed by atoms with Crippen molar-refractivity contribution in [2.24, 2.45) is 0 Å². The van der Waals surface area contributed by atoms with Crippen LogP contribution in [0.25, 0.3) is 0 Å². The standard InChI is InChI=1S/C8H10.C5H9NO/c1-8-6-4-2-3-5-7-8;1-6-4-2-3-5(6)7/h2-4,6-7H,5H2,1H3;2-4H2,1H3. The van der Waals surface area contributed by atoms with Crippen molar-refractivity contribution >= 4 is 5.91 Å². The molecule has 0 aromatic carbocycles. The van der Waals surface area contributed by atoms with Crippen LogP contribution in [0.15, 0.2) is 36.0 Å². The maximum atomic E-state index is 10.5. The highest BCUT2D eigenvalue weighted by Gasteiger charge is 2.14. The van der Waals surface area contributed by atoms with E-state index in [0.29, 0.717) is 5.91 Å². The van der Waals surface area contributed by atoms with E-state index in [2.05, 4.69) is 37.3 Å². The minimum absolute atomic E-state index is 0.292. The number of rotatable bonds is 0. The molecule has 1 heterocycles. The molecular weight excluding hydrogens is 186 g/mol. The second-order valence-corrected chi connectivity index (χ2v) is 3.89. The molecule has 2 rings (SSSR count). The van der Waals surface area contributed by atoms with Gasteiger partial charge in [-0.25, -0.2) is 0 Å². The fourth-order valence-corrected chi connectivity index (χ4v) is 1.47. The zero-order valence-electron chi connectivity index (χ0n) is 9.57. The molecule has 0 aromatic rings. The van der Waals surface area contributed by atoms with E-state index in [-0.39, 0.29) is 0 Å². The molecule has 0 bridgehead atoms. The van der Waals surface area contributed by atoms with Crippen molar-refractivity contribution in [3.63, 3.8) is 0 Å². The van der Waals surface area contributed by atoms with Crippen molar-refractivity contribution in [3.05, 3.63) is 36.0 Å². The van der Waals surface area contributed by atoms with E-state index in [0.717, 1.165) is 25.8 Å². The van der Waals surface area contributed by atoms with Gasteiger partial charge in [0, 0.05) is 20.0 Å². The Morgan fingerprint density at radius 3 is 2.67 bits per heavy atom. The number of hydrogen-bond acceptors (Lipinski definition) is 1. The Hall–Kier alpha value is -1.31. The Bertz CT molecular complexity index is 297. The fraction of sp³-hybridized carbons (Fsp3) is 0.462. The number of carbonyl (C=O) groups excluding carboxylic acids is 1. The van der Waals surface area contributed by atoms with Crippen molar-refractivity contribution in [2.45, 2.75) is 26.2 Å². The predicted molar refractivity (Wildman–Crippen MR) is 63.5 cm³/mol. The van der Waals surface area contributed by atoms with Gasteiger partial charge in [0.1, 0.15) is 0 Å². The topological polar surface area (TPSA) is 20.3 Å². The first-order valence-electron chi connectivity index (χ1n) is 5.44. The largest absolute Gasteiger partial charge is 0.346 e. The van der Waals surface area contributed by atoms with Crippen LogP contribution in [0.2, 0.25) is 0 Å². The normalized spacial score (nSPS) is 19.5. The number of allylic oxidation sites excluding steroid dienone is 6. The van der Waals surface area contributed by atoms with Crippen molar-refractivity contribution in [2.75, 3.05) is 13.6 Å². The Morgan fingerprint density at radius 2 is 2.13 bits per heavy atom. The van der Waals surface area contributed by atoms with Crippen LogP contribution in [0, 0.1) is 0 Å². The van der Waals surface area contributed by atoms with E-state index in [1.165, 1.54) is 5.57 Å². The van der Waals surface area contributed by atoms with Gasteiger partial charge in [0.25, 0.3) is 0 Å². The number of amides is 1. The Kier molecular flexibility index (Phi) is 4.88.